The van der Waals surface area contributed by atoms with E-state index in [9.17, 15) is 5.11 Å². The Bertz CT molecular complexity index is 300. The molecule has 0 aliphatic heterocycles. The third-order valence-electron chi connectivity index (χ3n) is 2.55. The molecule has 78 valence electrons. The van der Waals surface area contributed by atoms with Crippen molar-refractivity contribution in [3.63, 3.8) is 0 Å². The van der Waals surface area contributed by atoms with Crippen molar-refractivity contribution >= 4 is 0 Å². The van der Waals surface area contributed by atoms with Gasteiger partial charge in [0.15, 0.2) is 5.82 Å². The molecule has 0 unspecified atom stereocenters. The monoisotopic (exact) mass is 197 g/mol. The second-order valence-corrected chi connectivity index (χ2v) is 3.68. The van der Waals surface area contributed by atoms with Crippen LogP contribution in [0.25, 0.3) is 0 Å². The van der Waals surface area contributed by atoms with Crippen LogP contribution in [0.4, 0.5) is 0 Å². The Morgan fingerprint density at radius 2 is 2.43 bits per heavy atom. The second kappa shape index (κ2) is 4.02. The van der Waals surface area contributed by atoms with Gasteiger partial charge in [-0.15, -0.1) is 10.2 Å². The summed E-state index contributed by atoms with van der Waals surface area (Å²) in [5.41, 5.74) is 0. The van der Waals surface area contributed by atoms with E-state index in [4.69, 9.17) is 0 Å². The van der Waals surface area contributed by atoms with Crippen molar-refractivity contribution in [3.8, 4) is 0 Å². The maximum absolute atomic E-state index is 9.55. The van der Waals surface area contributed by atoms with E-state index in [2.05, 4.69) is 20.7 Å². The second-order valence-electron chi connectivity index (χ2n) is 3.68. The molecule has 1 saturated carbocycles. The lowest BCUT2D eigenvalue weighted by Gasteiger charge is -2.14. The molecule has 1 heterocycles. The van der Waals surface area contributed by atoms with E-state index >= 15 is 0 Å². The Morgan fingerprint density at radius 1 is 1.57 bits per heavy atom. The molecule has 1 aromatic rings. The van der Waals surface area contributed by atoms with Crippen LogP contribution in [-0.4, -0.2) is 37.5 Å². The van der Waals surface area contributed by atoms with Gasteiger partial charge in [0.05, 0.1) is 19.7 Å². The molecule has 6 nitrogen and oxygen atoms in total. The van der Waals surface area contributed by atoms with E-state index in [1.807, 2.05) is 0 Å². The first-order valence-electron chi connectivity index (χ1n) is 4.90. The molecule has 14 heavy (non-hydrogen) atoms. The minimum absolute atomic E-state index is 0.193. The van der Waals surface area contributed by atoms with Crippen LogP contribution in [0.1, 0.15) is 25.1 Å². The van der Waals surface area contributed by atoms with Crippen molar-refractivity contribution in [2.24, 2.45) is 7.05 Å². The number of rotatable bonds is 3. The topological polar surface area (TPSA) is 75.9 Å². The maximum Gasteiger partial charge on any atom is 0.188 e. The van der Waals surface area contributed by atoms with Gasteiger partial charge in [-0.3, -0.25) is 0 Å². The fourth-order valence-electron chi connectivity index (χ4n) is 1.80. The van der Waals surface area contributed by atoms with Crippen LogP contribution in [0.15, 0.2) is 0 Å². The molecule has 0 spiro atoms. The molecule has 0 saturated heterocycles. The van der Waals surface area contributed by atoms with Crippen LogP contribution in [0, 0.1) is 0 Å². The van der Waals surface area contributed by atoms with E-state index in [0.717, 1.165) is 19.3 Å². The molecule has 1 aromatic heterocycles. The Kier molecular flexibility index (Phi) is 2.74. The normalized spacial score (nSPS) is 27.0. The maximum atomic E-state index is 9.55. The van der Waals surface area contributed by atoms with Crippen molar-refractivity contribution in [2.45, 2.75) is 38.0 Å². The van der Waals surface area contributed by atoms with E-state index < -0.39 is 0 Å². The summed E-state index contributed by atoms with van der Waals surface area (Å²) in [6.45, 7) is 0.579. The van der Waals surface area contributed by atoms with Gasteiger partial charge in [0, 0.05) is 6.04 Å². The highest BCUT2D eigenvalue weighted by Gasteiger charge is 2.24. The van der Waals surface area contributed by atoms with Crippen molar-refractivity contribution in [1.82, 2.24) is 25.5 Å². The van der Waals surface area contributed by atoms with E-state index in [-0.39, 0.29) is 12.1 Å². The van der Waals surface area contributed by atoms with Crippen LogP contribution in [0.3, 0.4) is 0 Å². The Balaban J connectivity index is 1.82. The number of hydrogen-bond donors (Lipinski definition) is 2. The summed E-state index contributed by atoms with van der Waals surface area (Å²) >= 11 is 0. The van der Waals surface area contributed by atoms with Crippen LogP contribution in [-0.2, 0) is 13.6 Å². The molecule has 0 bridgehead atoms. The number of tetrazole rings is 1. The van der Waals surface area contributed by atoms with E-state index in [1.165, 1.54) is 4.80 Å². The SMILES string of the molecule is Cn1nnc(CN[C@@H]2CCC[C@H]2O)n1. The fourth-order valence-corrected chi connectivity index (χ4v) is 1.80. The summed E-state index contributed by atoms with van der Waals surface area (Å²) in [6.07, 6.45) is 2.80. The number of aromatic nitrogens is 4. The molecule has 2 N–H and O–H groups in total. The lowest BCUT2D eigenvalue weighted by atomic mass is 10.2. The minimum atomic E-state index is -0.216. The Morgan fingerprint density at radius 3 is 3.00 bits per heavy atom. The molecule has 6 heteroatoms. The van der Waals surface area contributed by atoms with Gasteiger partial charge in [-0.05, 0) is 24.5 Å². The van der Waals surface area contributed by atoms with Crippen LogP contribution in [0.2, 0.25) is 0 Å². The van der Waals surface area contributed by atoms with Gasteiger partial charge in [0.2, 0.25) is 0 Å². The van der Waals surface area contributed by atoms with Gasteiger partial charge in [0.1, 0.15) is 0 Å². The molecule has 1 aliphatic rings. The molecule has 1 aliphatic carbocycles. The van der Waals surface area contributed by atoms with Crippen LogP contribution >= 0.6 is 0 Å². The van der Waals surface area contributed by atoms with Gasteiger partial charge in [-0.1, -0.05) is 0 Å². The zero-order valence-electron chi connectivity index (χ0n) is 8.22. The molecule has 0 amide bonds. The number of hydrogen-bond acceptors (Lipinski definition) is 5. The van der Waals surface area contributed by atoms with Crippen molar-refractivity contribution in [3.05, 3.63) is 5.82 Å². The number of aliphatic hydroxyl groups excluding tert-OH is 1. The van der Waals surface area contributed by atoms with Crippen molar-refractivity contribution in [1.29, 1.82) is 0 Å². The molecule has 1 fully saturated rings. The summed E-state index contributed by atoms with van der Waals surface area (Å²) < 4.78 is 0. The third-order valence-corrected chi connectivity index (χ3v) is 2.55. The largest absolute Gasteiger partial charge is 0.392 e. The van der Waals surface area contributed by atoms with Gasteiger partial charge in [0.25, 0.3) is 0 Å². The molecule has 2 rings (SSSR count). The van der Waals surface area contributed by atoms with Gasteiger partial charge in [-0.25, -0.2) is 0 Å². The summed E-state index contributed by atoms with van der Waals surface area (Å²) in [7, 11) is 1.74. The number of nitrogens with one attached hydrogen (secondary N) is 1. The summed E-state index contributed by atoms with van der Waals surface area (Å²) in [6, 6.07) is 0.193. The van der Waals surface area contributed by atoms with Crippen molar-refractivity contribution in [2.75, 3.05) is 0 Å². The molecular formula is C8H15N5O. The van der Waals surface area contributed by atoms with Crippen LogP contribution in [0.5, 0.6) is 0 Å². The highest BCUT2D eigenvalue weighted by Crippen LogP contribution is 2.18. The average molecular weight is 197 g/mol. The average Bonchev–Trinajstić information content (AvgIpc) is 2.72. The fraction of sp³-hybridized carbons (Fsp3) is 0.875. The summed E-state index contributed by atoms with van der Waals surface area (Å²) in [5, 5.41) is 24.4. The lowest BCUT2D eigenvalue weighted by Crippen LogP contribution is -2.35. The molecule has 0 radical (unpaired) electrons. The van der Waals surface area contributed by atoms with Gasteiger partial charge in [-0.2, -0.15) is 4.80 Å². The van der Waals surface area contributed by atoms with Crippen LogP contribution < -0.4 is 5.32 Å². The van der Waals surface area contributed by atoms with E-state index in [1.54, 1.807) is 7.05 Å². The predicted octanol–water partition coefficient (Wildman–Crippen LogP) is -0.787. The Labute approximate surface area is 82.3 Å². The molecule has 0 aromatic carbocycles. The number of aliphatic hydroxyl groups is 1. The molecule has 2 atom stereocenters. The third kappa shape index (κ3) is 2.08. The van der Waals surface area contributed by atoms with Gasteiger partial charge < -0.3 is 10.4 Å². The molecular weight excluding hydrogens is 182 g/mol. The highest BCUT2D eigenvalue weighted by atomic mass is 16.3. The standard InChI is InChI=1S/C8H15N5O/c1-13-11-8(10-12-13)5-9-6-3-2-4-7(6)14/h6-7,9,14H,2-5H2,1H3/t6-,7-/m1/s1. The number of nitrogens with zero attached hydrogens (tertiary/aromatic N) is 4. The lowest BCUT2D eigenvalue weighted by molar-refractivity contribution is 0.148. The quantitative estimate of drug-likeness (QED) is 0.664. The predicted molar refractivity (Wildman–Crippen MR) is 49.3 cm³/mol. The summed E-state index contributed by atoms with van der Waals surface area (Å²) in [5.74, 6) is 0.673. The zero-order valence-corrected chi connectivity index (χ0v) is 8.22. The highest BCUT2D eigenvalue weighted by molar-refractivity contribution is 4.85. The zero-order chi connectivity index (χ0) is 9.97. The summed E-state index contributed by atoms with van der Waals surface area (Å²) in [4.78, 5) is 1.43. The first-order chi connectivity index (χ1) is 6.75. The first kappa shape index (κ1) is 9.54. The first-order valence-corrected chi connectivity index (χ1v) is 4.90. The van der Waals surface area contributed by atoms with Crippen molar-refractivity contribution < 1.29 is 5.11 Å². The van der Waals surface area contributed by atoms with Gasteiger partial charge >= 0.3 is 0 Å². The number of aryl methyl sites for hydroxylation is 1. The smallest absolute Gasteiger partial charge is 0.188 e. The van der Waals surface area contributed by atoms with E-state index in [0.29, 0.717) is 12.4 Å². The minimum Gasteiger partial charge on any atom is -0.392 e. The Hall–Kier alpha value is -1.01.